The zero-order valence-electron chi connectivity index (χ0n) is 13.7. The van der Waals surface area contributed by atoms with E-state index in [9.17, 15) is 13.5 Å². The smallest absolute Gasteiger partial charge is 0.244 e. The van der Waals surface area contributed by atoms with Gasteiger partial charge in [0.1, 0.15) is 4.90 Å². The van der Waals surface area contributed by atoms with E-state index in [4.69, 9.17) is 16.3 Å². The number of sulfonamides is 1. The number of aromatic hydroxyl groups is 1. The molecule has 0 unspecified atom stereocenters. The van der Waals surface area contributed by atoms with Crippen LogP contribution in [-0.4, -0.2) is 45.2 Å². The minimum atomic E-state index is -3.69. The summed E-state index contributed by atoms with van der Waals surface area (Å²) in [6.07, 6.45) is 1.41. The number of rotatable bonds is 5. The minimum Gasteiger partial charge on any atom is -0.504 e. The van der Waals surface area contributed by atoms with Gasteiger partial charge in [0.25, 0.3) is 0 Å². The van der Waals surface area contributed by atoms with Gasteiger partial charge in [0.15, 0.2) is 11.5 Å². The summed E-state index contributed by atoms with van der Waals surface area (Å²) >= 11 is 9.33. The molecule has 9 heteroatoms. The first-order valence-corrected chi connectivity index (χ1v) is 9.60. The molecule has 0 aromatic heterocycles. The van der Waals surface area contributed by atoms with Gasteiger partial charge >= 0.3 is 0 Å². The summed E-state index contributed by atoms with van der Waals surface area (Å²) < 4.78 is 31.4. The largest absolute Gasteiger partial charge is 0.504 e. The van der Waals surface area contributed by atoms with Gasteiger partial charge in [0.05, 0.1) is 17.8 Å². The van der Waals surface area contributed by atoms with Gasteiger partial charge in [-0.05, 0) is 30.3 Å². The van der Waals surface area contributed by atoms with Crippen LogP contribution >= 0.6 is 27.5 Å². The summed E-state index contributed by atoms with van der Waals surface area (Å²) in [5.41, 5.74) is 0.793. The Morgan fingerprint density at radius 3 is 2.56 bits per heavy atom. The van der Waals surface area contributed by atoms with E-state index in [0.29, 0.717) is 21.5 Å². The van der Waals surface area contributed by atoms with Crippen molar-refractivity contribution < 1.29 is 18.3 Å². The summed E-state index contributed by atoms with van der Waals surface area (Å²) in [5, 5.41) is 10.2. The van der Waals surface area contributed by atoms with E-state index >= 15 is 0 Å². The molecule has 1 N–H and O–H groups in total. The molecule has 0 radical (unpaired) electrons. The Hall–Kier alpha value is -1.61. The third-order valence-electron chi connectivity index (χ3n) is 3.32. The second kappa shape index (κ2) is 7.74. The Kier molecular flexibility index (Phi) is 6.10. The molecule has 0 saturated heterocycles. The van der Waals surface area contributed by atoms with Gasteiger partial charge < -0.3 is 9.84 Å². The molecule has 0 spiro atoms. The highest BCUT2D eigenvalue weighted by Crippen LogP contribution is 2.33. The van der Waals surface area contributed by atoms with E-state index in [1.54, 1.807) is 18.2 Å². The van der Waals surface area contributed by atoms with E-state index in [1.165, 1.54) is 39.6 Å². The number of methoxy groups -OCH3 is 1. The highest BCUT2D eigenvalue weighted by molar-refractivity contribution is 9.10. The monoisotopic (exact) mass is 446 g/mol. The molecule has 0 fully saturated rings. The Bertz CT molecular complexity index is 930. The first kappa shape index (κ1) is 19.7. The lowest BCUT2D eigenvalue weighted by Gasteiger charge is -2.13. The van der Waals surface area contributed by atoms with Gasteiger partial charge in [-0.3, -0.25) is 4.99 Å². The number of aliphatic imine (C=N–C) groups is 1. The van der Waals surface area contributed by atoms with Crippen LogP contribution in [0, 0.1) is 0 Å². The van der Waals surface area contributed by atoms with Crippen LogP contribution in [0.3, 0.4) is 0 Å². The number of phenols is 1. The van der Waals surface area contributed by atoms with Crippen molar-refractivity contribution in [2.45, 2.75) is 4.90 Å². The first-order valence-electron chi connectivity index (χ1n) is 6.99. The molecule has 6 nitrogen and oxygen atoms in total. The van der Waals surface area contributed by atoms with Gasteiger partial charge in [-0.25, -0.2) is 12.7 Å². The third-order valence-corrected chi connectivity index (χ3v) is 6.07. The fourth-order valence-electron chi connectivity index (χ4n) is 1.96. The number of halogens is 2. The molecule has 0 bridgehead atoms. The number of ether oxygens (including phenoxy) is 1. The maximum absolute atomic E-state index is 12.3. The molecule has 134 valence electrons. The highest BCUT2D eigenvalue weighted by atomic mass is 79.9. The Morgan fingerprint density at radius 2 is 1.96 bits per heavy atom. The predicted molar refractivity (Wildman–Crippen MR) is 102 cm³/mol. The van der Waals surface area contributed by atoms with Gasteiger partial charge in [-0.1, -0.05) is 27.5 Å². The van der Waals surface area contributed by atoms with Crippen LogP contribution in [0.5, 0.6) is 11.5 Å². The van der Waals surface area contributed by atoms with Crippen LogP contribution in [-0.2, 0) is 10.0 Å². The van der Waals surface area contributed by atoms with Crippen molar-refractivity contribution in [3.63, 3.8) is 0 Å². The molecular formula is C16H16BrClN2O4S. The number of phenolic OH excluding ortho intramolecular Hbond substituents is 1. The molecule has 2 aromatic rings. The predicted octanol–water partition coefficient (Wildman–Crippen LogP) is 3.82. The van der Waals surface area contributed by atoms with Crippen LogP contribution in [0.2, 0.25) is 5.02 Å². The Morgan fingerprint density at radius 1 is 1.28 bits per heavy atom. The number of hydrogen-bond acceptors (Lipinski definition) is 5. The minimum absolute atomic E-state index is 0.0372. The molecule has 0 saturated carbocycles. The standard InChI is InChI=1S/C16H16BrClN2O4S/c1-20(2)25(22,23)15-8-12(4-5-13(15)18)19-9-10-6-11(17)7-14(24-3)16(10)21/h4-9,21H,1-3H3. The van der Waals surface area contributed by atoms with Gasteiger partial charge in [0, 0.05) is 30.3 Å². The third kappa shape index (κ3) is 4.33. The number of nitrogens with zero attached hydrogens (tertiary/aromatic N) is 2. The molecule has 0 aliphatic carbocycles. The average molecular weight is 448 g/mol. The van der Waals surface area contributed by atoms with Crippen molar-refractivity contribution in [2.24, 2.45) is 4.99 Å². The second-order valence-electron chi connectivity index (χ2n) is 5.21. The lowest BCUT2D eigenvalue weighted by Crippen LogP contribution is -2.22. The van der Waals surface area contributed by atoms with Crippen molar-refractivity contribution >= 4 is 49.5 Å². The van der Waals surface area contributed by atoms with E-state index in [0.717, 1.165) is 4.31 Å². The molecule has 0 heterocycles. The first-order chi connectivity index (χ1) is 11.7. The van der Waals surface area contributed by atoms with Crippen molar-refractivity contribution in [3.8, 4) is 11.5 Å². The molecule has 2 aromatic carbocycles. The zero-order valence-corrected chi connectivity index (χ0v) is 16.9. The topological polar surface area (TPSA) is 79.2 Å². The summed E-state index contributed by atoms with van der Waals surface area (Å²) in [6, 6.07) is 7.71. The summed E-state index contributed by atoms with van der Waals surface area (Å²) in [4.78, 5) is 4.19. The fourth-order valence-corrected chi connectivity index (χ4v) is 3.80. The van der Waals surface area contributed by atoms with E-state index in [2.05, 4.69) is 20.9 Å². The van der Waals surface area contributed by atoms with Crippen molar-refractivity contribution in [1.29, 1.82) is 0 Å². The van der Waals surface area contributed by atoms with Crippen molar-refractivity contribution in [3.05, 3.63) is 45.4 Å². The van der Waals surface area contributed by atoms with Gasteiger partial charge in [-0.15, -0.1) is 0 Å². The second-order valence-corrected chi connectivity index (χ2v) is 8.65. The van der Waals surface area contributed by atoms with E-state index in [1.807, 2.05) is 0 Å². The molecule has 0 atom stereocenters. The maximum atomic E-state index is 12.3. The molecular weight excluding hydrogens is 432 g/mol. The Labute approximate surface area is 159 Å². The normalized spacial score (nSPS) is 12.1. The van der Waals surface area contributed by atoms with Gasteiger partial charge in [-0.2, -0.15) is 0 Å². The molecule has 25 heavy (non-hydrogen) atoms. The van der Waals surface area contributed by atoms with Gasteiger partial charge in [0.2, 0.25) is 10.0 Å². The number of hydrogen-bond donors (Lipinski definition) is 1. The number of benzene rings is 2. The molecule has 0 aliphatic rings. The Balaban J connectivity index is 2.46. The lowest BCUT2D eigenvalue weighted by atomic mass is 10.2. The van der Waals surface area contributed by atoms with Crippen LogP contribution in [0.25, 0.3) is 0 Å². The molecule has 0 aliphatic heterocycles. The summed E-state index contributed by atoms with van der Waals surface area (Å²) in [6.45, 7) is 0. The lowest BCUT2D eigenvalue weighted by molar-refractivity contribution is 0.373. The van der Waals surface area contributed by atoms with Crippen molar-refractivity contribution in [1.82, 2.24) is 4.31 Å². The average Bonchev–Trinajstić information content (AvgIpc) is 2.56. The molecule has 0 amide bonds. The van der Waals surface area contributed by atoms with Crippen LogP contribution in [0.4, 0.5) is 5.69 Å². The zero-order chi connectivity index (χ0) is 18.8. The van der Waals surface area contributed by atoms with Crippen LogP contribution in [0.15, 0.2) is 44.7 Å². The van der Waals surface area contributed by atoms with Crippen molar-refractivity contribution in [2.75, 3.05) is 21.2 Å². The quantitative estimate of drug-likeness (QED) is 0.707. The summed E-state index contributed by atoms with van der Waals surface area (Å²) in [7, 11) is 0.605. The maximum Gasteiger partial charge on any atom is 0.244 e. The van der Waals surface area contributed by atoms with Crippen LogP contribution < -0.4 is 4.74 Å². The SMILES string of the molecule is COc1cc(Br)cc(C=Nc2ccc(Cl)c(S(=O)(=O)N(C)C)c2)c1O. The van der Waals surface area contributed by atoms with E-state index in [-0.39, 0.29) is 15.7 Å². The van der Waals surface area contributed by atoms with E-state index < -0.39 is 10.0 Å². The highest BCUT2D eigenvalue weighted by Gasteiger charge is 2.21. The van der Waals surface area contributed by atoms with Crippen LogP contribution in [0.1, 0.15) is 5.56 Å². The molecule has 2 rings (SSSR count). The fraction of sp³-hybridized carbons (Fsp3) is 0.188. The summed E-state index contributed by atoms with van der Waals surface area (Å²) in [5.74, 6) is 0.229.